The van der Waals surface area contributed by atoms with Crippen molar-refractivity contribution in [3.8, 4) is 0 Å². The number of carbonyl (C=O) groups is 2. The van der Waals surface area contributed by atoms with Crippen molar-refractivity contribution in [2.75, 3.05) is 26.2 Å². The normalized spacial score (nSPS) is 26.1. The quantitative estimate of drug-likeness (QED) is 0.783. The van der Waals surface area contributed by atoms with E-state index in [1.807, 2.05) is 11.0 Å². The molecule has 3 aliphatic rings. The van der Waals surface area contributed by atoms with Crippen molar-refractivity contribution in [1.29, 1.82) is 0 Å². The van der Waals surface area contributed by atoms with Crippen molar-refractivity contribution in [1.82, 2.24) is 10.2 Å². The highest BCUT2D eigenvalue weighted by atomic mass is 16.5. The molecule has 3 fully saturated rings. The minimum atomic E-state index is -0.220. The van der Waals surface area contributed by atoms with E-state index < -0.39 is 0 Å². The van der Waals surface area contributed by atoms with E-state index >= 15 is 0 Å². The average Bonchev–Trinajstić information content (AvgIpc) is 3.14. The topological polar surface area (TPSA) is 58.6 Å². The van der Waals surface area contributed by atoms with Gasteiger partial charge in [-0.1, -0.05) is 30.3 Å². The first-order valence-corrected chi connectivity index (χ1v) is 10.4. The van der Waals surface area contributed by atoms with Crippen molar-refractivity contribution in [2.45, 2.75) is 51.0 Å². The number of amides is 2. The van der Waals surface area contributed by atoms with E-state index in [0.29, 0.717) is 6.61 Å². The second kappa shape index (κ2) is 8.01. The molecule has 1 aromatic rings. The van der Waals surface area contributed by atoms with Crippen LogP contribution >= 0.6 is 0 Å². The molecule has 1 aromatic carbocycles. The fourth-order valence-electron chi connectivity index (χ4n) is 4.69. The Kier molecular flexibility index (Phi) is 5.48. The van der Waals surface area contributed by atoms with Crippen molar-refractivity contribution in [2.24, 2.45) is 11.3 Å². The Bertz CT molecular complexity index is 661. The predicted molar refractivity (Wildman–Crippen MR) is 103 cm³/mol. The molecule has 2 unspecified atom stereocenters. The number of aryl methyl sites for hydroxylation is 1. The maximum absolute atomic E-state index is 12.5. The maximum atomic E-state index is 12.5. The van der Waals surface area contributed by atoms with E-state index in [0.717, 1.165) is 64.6 Å². The van der Waals surface area contributed by atoms with Crippen LogP contribution in [0.25, 0.3) is 0 Å². The summed E-state index contributed by atoms with van der Waals surface area (Å²) >= 11 is 0. The number of nitrogens with one attached hydrogen (secondary N) is 1. The number of piperidine rings is 1. The molecule has 0 radical (unpaired) electrons. The third-order valence-corrected chi connectivity index (χ3v) is 6.57. The van der Waals surface area contributed by atoms with Gasteiger partial charge in [0.05, 0.1) is 0 Å². The Morgan fingerprint density at radius 1 is 1.19 bits per heavy atom. The molecule has 2 atom stereocenters. The fourth-order valence-corrected chi connectivity index (χ4v) is 4.69. The van der Waals surface area contributed by atoms with E-state index in [1.165, 1.54) is 5.56 Å². The largest absolute Gasteiger partial charge is 0.368 e. The zero-order chi connectivity index (χ0) is 18.7. The van der Waals surface area contributed by atoms with Crippen LogP contribution in [0.15, 0.2) is 30.3 Å². The third-order valence-electron chi connectivity index (χ3n) is 6.57. The van der Waals surface area contributed by atoms with Gasteiger partial charge in [0, 0.05) is 32.2 Å². The highest BCUT2D eigenvalue weighted by Crippen LogP contribution is 2.59. The number of nitrogens with zero attached hydrogens (tertiary/aromatic N) is 1. The lowest BCUT2D eigenvalue weighted by Crippen LogP contribution is -2.45. The highest BCUT2D eigenvalue weighted by Gasteiger charge is 2.58. The lowest BCUT2D eigenvalue weighted by molar-refractivity contribution is -0.142. The molecule has 2 aliphatic heterocycles. The van der Waals surface area contributed by atoms with E-state index in [2.05, 4.69) is 29.6 Å². The SMILES string of the molecule is O=C(NCCCc1ccccc1)C1CC12CCN(C(=O)C1CCCO1)CC2. The van der Waals surface area contributed by atoms with Crippen LogP contribution in [-0.4, -0.2) is 49.1 Å². The summed E-state index contributed by atoms with van der Waals surface area (Å²) in [6, 6.07) is 10.4. The van der Waals surface area contributed by atoms with Gasteiger partial charge in [-0.2, -0.15) is 0 Å². The number of likely N-dealkylation sites (tertiary alicyclic amines) is 1. The number of rotatable bonds is 6. The van der Waals surface area contributed by atoms with E-state index in [4.69, 9.17) is 4.74 Å². The molecule has 2 saturated heterocycles. The molecule has 1 spiro atoms. The number of hydrogen-bond acceptors (Lipinski definition) is 3. The highest BCUT2D eigenvalue weighted by molar-refractivity contribution is 5.83. The summed E-state index contributed by atoms with van der Waals surface area (Å²) in [6.07, 6.45) is 6.48. The van der Waals surface area contributed by atoms with Crippen molar-refractivity contribution in [3.63, 3.8) is 0 Å². The summed E-state index contributed by atoms with van der Waals surface area (Å²) in [6.45, 7) is 3.00. The molecule has 1 N–H and O–H groups in total. The van der Waals surface area contributed by atoms with E-state index in [9.17, 15) is 9.59 Å². The Balaban J connectivity index is 1.17. The zero-order valence-corrected chi connectivity index (χ0v) is 16.0. The number of ether oxygens (including phenoxy) is 1. The first-order valence-electron chi connectivity index (χ1n) is 10.4. The molecule has 2 heterocycles. The Morgan fingerprint density at radius 2 is 1.96 bits per heavy atom. The summed E-state index contributed by atoms with van der Waals surface area (Å²) in [4.78, 5) is 26.9. The molecule has 27 heavy (non-hydrogen) atoms. The van der Waals surface area contributed by atoms with Crippen molar-refractivity contribution >= 4 is 11.8 Å². The summed E-state index contributed by atoms with van der Waals surface area (Å²) in [5, 5.41) is 3.13. The molecule has 0 aromatic heterocycles. The van der Waals surface area contributed by atoms with Gasteiger partial charge >= 0.3 is 0 Å². The van der Waals surface area contributed by atoms with Gasteiger partial charge in [-0.25, -0.2) is 0 Å². The minimum absolute atomic E-state index is 0.147. The maximum Gasteiger partial charge on any atom is 0.251 e. The zero-order valence-electron chi connectivity index (χ0n) is 16.0. The number of carbonyl (C=O) groups excluding carboxylic acids is 2. The van der Waals surface area contributed by atoms with Gasteiger partial charge in [-0.05, 0) is 55.9 Å². The van der Waals surface area contributed by atoms with Crippen molar-refractivity contribution in [3.05, 3.63) is 35.9 Å². The Labute approximate surface area is 161 Å². The summed E-state index contributed by atoms with van der Waals surface area (Å²) < 4.78 is 5.53. The smallest absolute Gasteiger partial charge is 0.251 e. The molecular formula is C22H30N2O3. The predicted octanol–water partition coefficient (Wildman–Crippen LogP) is 2.54. The monoisotopic (exact) mass is 370 g/mol. The molecule has 1 aliphatic carbocycles. The first kappa shape index (κ1) is 18.5. The Hall–Kier alpha value is -1.88. The molecule has 5 nitrogen and oxygen atoms in total. The van der Waals surface area contributed by atoms with E-state index in [-0.39, 0.29) is 29.3 Å². The molecule has 2 amide bonds. The second-order valence-electron chi connectivity index (χ2n) is 8.33. The van der Waals surface area contributed by atoms with Crippen LogP contribution in [0.3, 0.4) is 0 Å². The number of benzene rings is 1. The summed E-state index contributed by atoms with van der Waals surface area (Å²) in [5.41, 5.74) is 1.47. The van der Waals surface area contributed by atoms with Gasteiger partial charge in [-0.3, -0.25) is 9.59 Å². The number of hydrogen-bond donors (Lipinski definition) is 1. The second-order valence-corrected chi connectivity index (χ2v) is 8.33. The first-order chi connectivity index (χ1) is 13.2. The molecule has 4 rings (SSSR count). The third kappa shape index (κ3) is 4.18. The van der Waals surface area contributed by atoms with Gasteiger partial charge in [0.1, 0.15) is 6.10 Å². The van der Waals surface area contributed by atoms with Crippen LogP contribution in [0.2, 0.25) is 0 Å². The summed E-state index contributed by atoms with van der Waals surface area (Å²) in [5.74, 6) is 0.515. The standard InChI is InChI=1S/C22H30N2O3/c25-20(23-12-4-8-17-6-2-1-3-7-17)18-16-22(18)10-13-24(14-11-22)21(26)19-9-5-15-27-19/h1-3,6-7,18-19H,4-5,8-16H2,(H,23,25). The fraction of sp³-hybridized carbons (Fsp3) is 0.636. The van der Waals surface area contributed by atoms with Gasteiger partial charge in [0.2, 0.25) is 5.91 Å². The van der Waals surface area contributed by atoms with Crippen LogP contribution < -0.4 is 5.32 Å². The molecule has 5 heteroatoms. The Morgan fingerprint density at radius 3 is 2.67 bits per heavy atom. The van der Waals surface area contributed by atoms with Crippen molar-refractivity contribution < 1.29 is 14.3 Å². The van der Waals surface area contributed by atoms with Crippen LogP contribution in [0.1, 0.15) is 44.1 Å². The summed E-state index contributed by atoms with van der Waals surface area (Å²) in [7, 11) is 0. The molecular weight excluding hydrogens is 340 g/mol. The van der Waals surface area contributed by atoms with Gasteiger partial charge < -0.3 is 15.0 Å². The van der Waals surface area contributed by atoms with Crippen LogP contribution in [0, 0.1) is 11.3 Å². The van der Waals surface area contributed by atoms with Gasteiger partial charge in [0.15, 0.2) is 0 Å². The van der Waals surface area contributed by atoms with Gasteiger partial charge in [-0.15, -0.1) is 0 Å². The van der Waals surface area contributed by atoms with Crippen LogP contribution in [0.4, 0.5) is 0 Å². The lowest BCUT2D eigenvalue weighted by Gasteiger charge is -2.34. The average molecular weight is 370 g/mol. The lowest BCUT2D eigenvalue weighted by atomic mass is 9.90. The molecule has 146 valence electrons. The van der Waals surface area contributed by atoms with Crippen LogP contribution in [0.5, 0.6) is 0 Å². The minimum Gasteiger partial charge on any atom is -0.368 e. The van der Waals surface area contributed by atoms with E-state index in [1.54, 1.807) is 0 Å². The van der Waals surface area contributed by atoms with Gasteiger partial charge in [0.25, 0.3) is 5.91 Å². The molecule has 1 saturated carbocycles. The van der Waals surface area contributed by atoms with Crippen LogP contribution in [-0.2, 0) is 20.7 Å². The molecule has 0 bridgehead atoms.